The largest absolute Gasteiger partial charge is 0.481 e. The van der Waals surface area contributed by atoms with E-state index < -0.39 is 18.2 Å². The second-order valence-corrected chi connectivity index (χ2v) is 8.62. The summed E-state index contributed by atoms with van der Waals surface area (Å²) in [6.07, 6.45) is 0.984. The molecule has 0 aliphatic heterocycles. The molecule has 0 bridgehead atoms. The van der Waals surface area contributed by atoms with Crippen LogP contribution in [-0.2, 0) is 16.0 Å². The van der Waals surface area contributed by atoms with Gasteiger partial charge in [-0.2, -0.15) is 0 Å². The number of carboxylic acids is 1. The molecule has 190 valence electrons. The number of aromatic nitrogens is 2. The van der Waals surface area contributed by atoms with Crippen molar-refractivity contribution in [1.29, 1.82) is 0 Å². The lowest BCUT2D eigenvalue weighted by atomic mass is 10.0. The Balaban J connectivity index is 1.44. The molecule has 0 spiro atoms. The maximum Gasteiger partial charge on any atom is 0.412 e. The molecule has 37 heavy (non-hydrogen) atoms. The predicted molar refractivity (Wildman–Crippen MR) is 139 cm³/mol. The zero-order valence-electron chi connectivity index (χ0n) is 20.5. The van der Waals surface area contributed by atoms with E-state index >= 15 is 0 Å². The van der Waals surface area contributed by atoms with E-state index in [1.807, 2.05) is 60.7 Å². The van der Waals surface area contributed by atoms with E-state index in [1.165, 1.54) is 0 Å². The summed E-state index contributed by atoms with van der Waals surface area (Å²) in [7, 11) is 0. The van der Waals surface area contributed by atoms with Gasteiger partial charge in [0.2, 0.25) is 0 Å². The van der Waals surface area contributed by atoms with Gasteiger partial charge in [-0.3, -0.25) is 10.1 Å². The molecule has 2 unspecified atom stereocenters. The topological polar surface area (TPSA) is 127 Å². The van der Waals surface area contributed by atoms with Crippen molar-refractivity contribution < 1.29 is 24.0 Å². The lowest BCUT2D eigenvalue weighted by molar-refractivity contribution is -0.137. The minimum atomic E-state index is -0.897. The van der Waals surface area contributed by atoms with Gasteiger partial charge in [0.25, 0.3) is 0 Å². The van der Waals surface area contributed by atoms with Gasteiger partial charge in [0.05, 0.1) is 6.42 Å². The molecule has 2 aromatic carbocycles. The molecular weight excluding hydrogens is 472 g/mol. The van der Waals surface area contributed by atoms with Crippen molar-refractivity contribution in [3.8, 4) is 11.3 Å². The number of benzene rings is 2. The minimum absolute atomic E-state index is 0.0583. The molecule has 9 heteroatoms. The molecule has 4 rings (SSSR count). The molecular formula is C28H28N4O5. The zero-order valence-corrected chi connectivity index (χ0v) is 20.5. The fourth-order valence-electron chi connectivity index (χ4n) is 3.90. The number of nitrogens with zero attached hydrogens (tertiary/aromatic N) is 2. The number of carbonyl (C=O) groups is 2. The molecule has 0 fully saturated rings. The summed E-state index contributed by atoms with van der Waals surface area (Å²) in [5.41, 5.74) is 3.38. The third-order valence-corrected chi connectivity index (χ3v) is 5.77. The molecule has 2 aromatic heterocycles. The van der Waals surface area contributed by atoms with E-state index in [1.54, 1.807) is 32.2 Å². The van der Waals surface area contributed by atoms with Crippen molar-refractivity contribution >= 4 is 23.6 Å². The summed E-state index contributed by atoms with van der Waals surface area (Å²) < 4.78 is 11.0. The first-order valence-electron chi connectivity index (χ1n) is 11.9. The first-order chi connectivity index (χ1) is 17.9. The van der Waals surface area contributed by atoms with Gasteiger partial charge in [0.15, 0.2) is 5.76 Å². The summed E-state index contributed by atoms with van der Waals surface area (Å²) in [6, 6.07) is 22.3. The van der Waals surface area contributed by atoms with Crippen molar-refractivity contribution in [1.82, 2.24) is 10.1 Å². The third-order valence-electron chi connectivity index (χ3n) is 5.77. The standard InChI is InChI=1S/C28H28N4O5/c1-18-26(31-28(35)36-19(2)21-11-7-4-8-12-21)27(37-32-18)22-13-14-24(29-17-22)30-23(16-25(33)34)15-20-9-5-3-6-10-20/h3-14,17,19,23H,15-16H2,1-2H3,(H,29,30)(H,31,35)(H,33,34). The van der Waals surface area contributed by atoms with E-state index in [9.17, 15) is 14.7 Å². The van der Waals surface area contributed by atoms with Gasteiger partial charge in [-0.25, -0.2) is 9.78 Å². The number of ether oxygens (including phenoxy) is 1. The average Bonchev–Trinajstić information content (AvgIpc) is 3.25. The molecule has 0 saturated carbocycles. The molecule has 9 nitrogen and oxygen atoms in total. The van der Waals surface area contributed by atoms with E-state index in [4.69, 9.17) is 9.26 Å². The van der Waals surface area contributed by atoms with Crippen molar-refractivity contribution in [2.75, 3.05) is 10.6 Å². The fraction of sp³-hybridized carbons (Fsp3) is 0.214. The Morgan fingerprint density at radius 3 is 2.38 bits per heavy atom. The van der Waals surface area contributed by atoms with E-state index in [0.29, 0.717) is 34.9 Å². The van der Waals surface area contributed by atoms with E-state index in [2.05, 4.69) is 20.8 Å². The van der Waals surface area contributed by atoms with Crippen LogP contribution < -0.4 is 10.6 Å². The maximum atomic E-state index is 12.6. The van der Waals surface area contributed by atoms with Gasteiger partial charge in [0.1, 0.15) is 23.3 Å². The van der Waals surface area contributed by atoms with E-state index in [-0.39, 0.29) is 12.5 Å². The van der Waals surface area contributed by atoms with Crippen LogP contribution in [-0.4, -0.2) is 33.4 Å². The van der Waals surface area contributed by atoms with Crippen LogP contribution in [0.4, 0.5) is 16.3 Å². The van der Waals surface area contributed by atoms with Crippen LogP contribution in [0.3, 0.4) is 0 Å². The highest BCUT2D eigenvalue weighted by Crippen LogP contribution is 2.31. The number of anilines is 2. The number of pyridine rings is 1. The number of aryl methyl sites for hydroxylation is 1. The number of aliphatic carboxylic acids is 1. The fourth-order valence-corrected chi connectivity index (χ4v) is 3.90. The van der Waals surface area contributed by atoms with E-state index in [0.717, 1.165) is 11.1 Å². The predicted octanol–water partition coefficient (Wildman–Crippen LogP) is 5.85. The molecule has 4 aromatic rings. The smallest absolute Gasteiger partial charge is 0.412 e. The summed E-state index contributed by atoms with van der Waals surface area (Å²) in [5, 5.41) is 19.2. The van der Waals surface area contributed by atoms with Gasteiger partial charge in [-0.1, -0.05) is 65.8 Å². The van der Waals surface area contributed by atoms with Crippen LogP contribution in [0, 0.1) is 6.92 Å². The zero-order chi connectivity index (χ0) is 26.2. The van der Waals surface area contributed by atoms with Gasteiger partial charge in [-0.15, -0.1) is 0 Å². The maximum absolute atomic E-state index is 12.6. The van der Waals surface area contributed by atoms with Crippen LogP contribution in [0.5, 0.6) is 0 Å². The van der Waals surface area contributed by atoms with Crippen LogP contribution in [0.2, 0.25) is 0 Å². The molecule has 3 N–H and O–H groups in total. The normalized spacial score (nSPS) is 12.4. The number of carboxylic acid groups (broad SMARTS) is 1. The molecule has 0 radical (unpaired) electrons. The second kappa shape index (κ2) is 11.9. The summed E-state index contributed by atoms with van der Waals surface area (Å²) >= 11 is 0. The Morgan fingerprint density at radius 1 is 1.03 bits per heavy atom. The first-order valence-corrected chi connectivity index (χ1v) is 11.9. The highest BCUT2D eigenvalue weighted by Gasteiger charge is 2.21. The summed E-state index contributed by atoms with van der Waals surface area (Å²) in [6.45, 7) is 3.51. The van der Waals surface area contributed by atoms with Crippen LogP contribution >= 0.6 is 0 Å². The number of hydrogen-bond acceptors (Lipinski definition) is 7. The van der Waals surface area contributed by atoms with Crippen LogP contribution in [0.25, 0.3) is 11.3 Å². The van der Waals surface area contributed by atoms with Gasteiger partial charge >= 0.3 is 12.1 Å². The number of hydrogen-bond donors (Lipinski definition) is 3. The van der Waals surface area contributed by atoms with Crippen molar-refractivity contribution in [3.05, 3.63) is 95.8 Å². The first kappa shape index (κ1) is 25.4. The minimum Gasteiger partial charge on any atom is -0.481 e. The Labute approximate surface area is 214 Å². The number of nitrogens with one attached hydrogen (secondary N) is 2. The Morgan fingerprint density at radius 2 is 1.73 bits per heavy atom. The third kappa shape index (κ3) is 6.94. The average molecular weight is 501 g/mol. The monoisotopic (exact) mass is 500 g/mol. The Hall–Kier alpha value is -4.66. The number of carbonyl (C=O) groups excluding carboxylic acids is 1. The van der Waals surface area contributed by atoms with Crippen LogP contribution in [0.1, 0.15) is 36.3 Å². The van der Waals surface area contributed by atoms with Crippen LogP contribution in [0.15, 0.2) is 83.5 Å². The van der Waals surface area contributed by atoms with Gasteiger partial charge in [0, 0.05) is 17.8 Å². The second-order valence-electron chi connectivity index (χ2n) is 8.62. The molecule has 0 saturated heterocycles. The number of amides is 1. The Bertz CT molecular complexity index is 1320. The van der Waals surface area contributed by atoms with Crippen molar-refractivity contribution in [2.24, 2.45) is 0 Å². The molecule has 0 aliphatic carbocycles. The summed E-state index contributed by atoms with van der Waals surface area (Å²) in [4.78, 5) is 28.4. The summed E-state index contributed by atoms with van der Waals surface area (Å²) in [5.74, 6) is -0.0358. The molecule has 1 amide bonds. The van der Waals surface area contributed by atoms with Gasteiger partial charge in [-0.05, 0) is 43.5 Å². The van der Waals surface area contributed by atoms with Gasteiger partial charge < -0.3 is 19.7 Å². The lowest BCUT2D eigenvalue weighted by Gasteiger charge is -2.18. The highest BCUT2D eigenvalue weighted by molar-refractivity contribution is 5.90. The SMILES string of the molecule is Cc1noc(-c2ccc(NC(CC(=O)O)Cc3ccccc3)nc2)c1NC(=O)OC(C)c1ccccc1. The van der Waals surface area contributed by atoms with Crippen molar-refractivity contribution in [2.45, 2.75) is 38.8 Å². The lowest BCUT2D eigenvalue weighted by Crippen LogP contribution is -2.26. The quantitative estimate of drug-likeness (QED) is 0.247. The Kier molecular flexibility index (Phi) is 8.15. The molecule has 0 aliphatic rings. The molecule has 2 atom stereocenters. The highest BCUT2D eigenvalue weighted by atomic mass is 16.6. The molecule has 2 heterocycles. The number of rotatable bonds is 10. The van der Waals surface area contributed by atoms with Crippen molar-refractivity contribution in [3.63, 3.8) is 0 Å².